The van der Waals surface area contributed by atoms with Crippen molar-refractivity contribution in [2.45, 2.75) is 32.2 Å². The Balaban J connectivity index is 1.61. The highest BCUT2D eigenvalue weighted by atomic mass is 32.2. The molecule has 0 aliphatic carbocycles. The van der Waals surface area contributed by atoms with Crippen LogP contribution in [0.5, 0.6) is 0 Å². The topological polar surface area (TPSA) is 73.2 Å². The van der Waals surface area contributed by atoms with E-state index in [0.717, 1.165) is 5.56 Å². The lowest BCUT2D eigenvalue weighted by atomic mass is 10.1. The van der Waals surface area contributed by atoms with Crippen LogP contribution in [0, 0.1) is 0 Å². The summed E-state index contributed by atoms with van der Waals surface area (Å²) in [6.07, 6.45) is -3.88. The molecule has 0 fully saturated rings. The number of fused-ring (bicyclic) bond motifs is 1. The largest absolute Gasteiger partial charge is 0.435 e. The number of alkyl halides is 3. The second-order valence-corrected chi connectivity index (χ2v) is 8.17. The molecule has 10 heteroatoms. The van der Waals surface area contributed by atoms with Gasteiger partial charge in [-0.3, -0.25) is 4.68 Å². The fourth-order valence-corrected chi connectivity index (χ4v) is 4.05. The zero-order valence-corrected chi connectivity index (χ0v) is 15.3. The van der Waals surface area contributed by atoms with Gasteiger partial charge in [-0.05, 0) is 12.0 Å². The number of sulfonamides is 1. The number of nitrogens with one attached hydrogen (secondary N) is 1. The molecule has 0 unspecified atom stereocenters. The van der Waals surface area contributed by atoms with Crippen LogP contribution in [0.1, 0.15) is 22.5 Å². The van der Waals surface area contributed by atoms with Crippen LogP contribution in [0.3, 0.4) is 0 Å². The van der Waals surface area contributed by atoms with Gasteiger partial charge >= 0.3 is 6.18 Å². The molecule has 0 saturated carbocycles. The van der Waals surface area contributed by atoms with Gasteiger partial charge in [0, 0.05) is 24.2 Å². The number of ether oxygens (including phenoxy) is 1. The van der Waals surface area contributed by atoms with Gasteiger partial charge in [0.25, 0.3) is 0 Å². The van der Waals surface area contributed by atoms with Crippen molar-refractivity contribution in [3.05, 3.63) is 52.8 Å². The van der Waals surface area contributed by atoms with Gasteiger partial charge < -0.3 is 4.74 Å². The number of rotatable bonds is 7. The summed E-state index contributed by atoms with van der Waals surface area (Å²) in [5, 5.41) is 3.65. The van der Waals surface area contributed by atoms with E-state index in [1.807, 2.05) is 30.3 Å². The van der Waals surface area contributed by atoms with Crippen LogP contribution in [0.4, 0.5) is 13.2 Å². The van der Waals surface area contributed by atoms with E-state index >= 15 is 0 Å². The first kappa shape index (κ1) is 19.8. The summed E-state index contributed by atoms with van der Waals surface area (Å²) in [4.78, 5) is 0. The highest BCUT2D eigenvalue weighted by Crippen LogP contribution is 2.34. The number of halogens is 3. The number of nitrogens with zero attached hydrogens (tertiary/aromatic N) is 2. The van der Waals surface area contributed by atoms with Crippen molar-refractivity contribution in [1.82, 2.24) is 14.5 Å². The van der Waals surface area contributed by atoms with Crippen LogP contribution in [0.25, 0.3) is 0 Å². The molecule has 1 aliphatic rings. The van der Waals surface area contributed by atoms with Gasteiger partial charge in [0.15, 0.2) is 5.69 Å². The fourth-order valence-electron chi connectivity index (χ4n) is 3.00. The molecule has 148 valence electrons. The Kier molecular flexibility index (Phi) is 5.87. The van der Waals surface area contributed by atoms with Gasteiger partial charge in [-0.2, -0.15) is 18.3 Å². The molecule has 3 rings (SSSR count). The maximum absolute atomic E-state index is 13.1. The molecule has 2 heterocycles. The van der Waals surface area contributed by atoms with Crippen LogP contribution < -0.4 is 4.72 Å². The van der Waals surface area contributed by atoms with Gasteiger partial charge in [0.2, 0.25) is 10.0 Å². The standard InChI is InChI=1S/C17H20F3N3O3S/c18-17(19,20)16-14-12-26-10-6-15(14)23(22-16)9-8-21-27(24,25)11-7-13-4-2-1-3-5-13/h1-5,21H,6-12H2. The summed E-state index contributed by atoms with van der Waals surface area (Å²) in [6.45, 7) is 0.193. The predicted molar refractivity (Wildman–Crippen MR) is 92.5 cm³/mol. The van der Waals surface area contributed by atoms with Gasteiger partial charge in [0.05, 0.1) is 25.5 Å². The summed E-state index contributed by atoms with van der Waals surface area (Å²) >= 11 is 0. The van der Waals surface area contributed by atoms with Crippen molar-refractivity contribution in [2.24, 2.45) is 0 Å². The SMILES string of the molecule is O=S(=O)(CCc1ccccc1)NCCn1nc(C(F)(F)F)c2c1CCOC2. The molecule has 0 bridgehead atoms. The number of hydrogen-bond donors (Lipinski definition) is 1. The van der Waals surface area contributed by atoms with E-state index < -0.39 is 21.9 Å². The number of aromatic nitrogens is 2. The van der Waals surface area contributed by atoms with Crippen LogP contribution in [-0.2, 0) is 46.9 Å². The van der Waals surface area contributed by atoms with Gasteiger partial charge in [-0.25, -0.2) is 13.1 Å². The minimum atomic E-state index is -4.56. The third-order valence-corrected chi connectivity index (χ3v) is 5.70. The highest BCUT2D eigenvalue weighted by Gasteiger charge is 2.39. The normalized spacial score (nSPS) is 14.9. The van der Waals surface area contributed by atoms with E-state index in [0.29, 0.717) is 25.1 Å². The van der Waals surface area contributed by atoms with Gasteiger partial charge in [-0.1, -0.05) is 30.3 Å². The van der Waals surface area contributed by atoms with E-state index in [4.69, 9.17) is 4.74 Å². The van der Waals surface area contributed by atoms with E-state index in [-0.39, 0.29) is 31.0 Å². The molecule has 0 radical (unpaired) electrons. The molecule has 27 heavy (non-hydrogen) atoms. The second-order valence-electron chi connectivity index (χ2n) is 6.25. The highest BCUT2D eigenvalue weighted by molar-refractivity contribution is 7.89. The summed E-state index contributed by atoms with van der Waals surface area (Å²) < 4.78 is 72.4. The Morgan fingerprint density at radius 1 is 1.22 bits per heavy atom. The molecular formula is C17H20F3N3O3S. The maximum atomic E-state index is 13.1. The summed E-state index contributed by atoms with van der Waals surface area (Å²) in [7, 11) is -3.53. The molecule has 6 nitrogen and oxygen atoms in total. The molecule has 0 atom stereocenters. The number of benzene rings is 1. The third-order valence-electron chi connectivity index (χ3n) is 4.31. The predicted octanol–water partition coefficient (Wildman–Crippen LogP) is 2.14. The molecule has 0 saturated heterocycles. The molecule has 0 amide bonds. The van der Waals surface area contributed by atoms with Gasteiger partial charge in [0.1, 0.15) is 0 Å². The Labute approximate surface area is 155 Å². The monoisotopic (exact) mass is 403 g/mol. The maximum Gasteiger partial charge on any atom is 0.435 e. The Bertz CT molecular complexity index is 880. The summed E-state index contributed by atoms with van der Waals surface area (Å²) in [5.74, 6) is -0.0874. The van der Waals surface area contributed by atoms with Crippen molar-refractivity contribution < 1.29 is 26.3 Å². The van der Waals surface area contributed by atoms with Crippen LogP contribution >= 0.6 is 0 Å². The van der Waals surface area contributed by atoms with Crippen molar-refractivity contribution in [2.75, 3.05) is 18.9 Å². The van der Waals surface area contributed by atoms with E-state index in [2.05, 4.69) is 9.82 Å². The van der Waals surface area contributed by atoms with Crippen LogP contribution in [-0.4, -0.2) is 37.1 Å². The molecule has 1 aromatic carbocycles. The van der Waals surface area contributed by atoms with Gasteiger partial charge in [-0.15, -0.1) is 0 Å². The lowest BCUT2D eigenvalue weighted by Crippen LogP contribution is -2.31. The minimum absolute atomic E-state index is 0.0244. The second kappa shape index (κ2) is 7.99. The first-order valence-corrected chi connectivity index (χ1v) is 10.2. The van der Waals surface area contributed by atoms with E-state index in [1.54, 1.807) is 0 Å². The summed E-state index contributed by atoms with van der Waals surface area (Å²) in [5.41, 5.74) is 0.445. The van der Waals surface area contributed by atoms with E-state index in [9.17, 15) is 21.6 Å². The molecule has 1 aromatic heterocycles. The molecule has 1 aliphatic heterocycles. The smallest absolute Gasteiger partial charge is 0.376 e. The minimum Gasteiger partial charge on any atom is -0.376 e. The molecule has 2 aromatic rings. The average molecular weight is 403 g/mol. The fraction of sp³-hybridized carbons (Fsp3) is 0.471. The first-order chi connectivity index (χ1) is 12.8. The molecular weight excluding hydrogens is 383 g/mol. The Hall–Kier alpha value is -1.91. The molecule has 0 spiro atoms. The first-order valence-electron chi connectivity index (χ1n) is 8.51. The number of hydrogen-bond acceptors (Lipinski definition) is 4. The molecule has 1 N–H and O–H groups in total. The van der Waals surface area contributed by atoms with Crippen LogP contribution in [0.15, 0.2) is 30.3 Å². The summed E-state index contributed by atoms with van der Waals surface area (Å²) in [6, 6.07) is 9.19. The zero-order chi connectivity index (χ0) is 19.5. The number of aryl methyl sites for hydroxylation is 1. The Morgan fingerprint density at radius 3 is 2.67 bits per heavy atom. The third kappa shape index (κ3) is 5.08. The van der Waals surface area contributed by atoms with E-state index in [1.165, 1.54) is 4.68 Å². The average Bonchev–Trinajstić information content (AvgIpc) is 3.00. The quantitative estimate of drug-likeness (QED) is 0.769. The van der Waals surface area contributed by atoms with Crippen molar-refractivity contribution >= 4 is 10.0 Å². The Morgan fingerprint density at radius 2 is 1.96 bits per heavy atom. The van der Waals surface area contributed by atoms with Crippen molar-refractivity contribution in [3.63, 3.8) is 0 Å². The zero-order valence-electron chi connectivity index (χ0n) is 14.5. The van der Waals surface area contributed by atoms with Crippen molar-refractivity contribution in [1.29, 1.82) is 0 Å². The lowest BCUT2D eigenvalue weighted by Gasteiger charge is -2.15. The van der Waals surface area contributed by atoms with Crippen molar-refractivity contribution in [3.8, 4) is 0 Å². The lowest BCUT2D eigenvalue weighted by molar-refractivity contribution is -0.142. The van der Waals surface area contributed by atoms with Crippen LogP contribution in [0.2, 0.25) is 0 Å².